The molecule has 0 atom stereocenters. The van der Waals surface area contributed by atoms with Crippen LogP contribution in [0.15, 0.2) is 12.7 Å². The van der Waals surface area contributed by atoms with Crippen molar-refractivity contribution in [1.29, 1.82) is 0 Å². The van der Waals surface area contributed by atoms with Crippen molar-refractivity contribution in [2.75, 3.05) is 0 Å². The fourth-order valence-corrected chi connectivity index (χ4v) is 1.49. The SMILES string of the molecule is C=CCC(CC)(CC)CC(=O)O. The van der Waals surface area contributed by atoms with Gasteiger partial charge < -0.3 is 5.11 Å². The Labute approximate surface area is 74.3 Å². The maximum absolute atomic E-state index is 10.6. The van der Waals surface area contributed by atoms with Gasteiger partial charge in [0, 0.05) is 0 Å². The third-order valence-corrected chi connectivity index (χ3v) is 2.60. The van der Waals surface area contributed by atoms with Crippen LogP contribution in [0.2, 0.25) is 0 Å². The summed E-state index contributed by atoms with van der Waals surface area (Å²) in [6.45, 7) is 7.73. The highest BCUT2D eigenvalue weighted by molar-refractivity contribution is 5.67. The number of hydrogen-bond acceptors (Lipinski definition) is 1. The fraction of sp³-hybridized carbons (Fsp3) is 0.700. The molecule has 0 heterocycles. The zero-order chi connectivity index (χ0) is 9.61. The van der Waals surface area contributed by atoms with Gasteiger partial charge in [-0.2, -0.15) is 0 Å². The molecule has 0 aromatic carbocycles. The summed E-state index contributed by atoms with van der Waals surface area (Å²) < 4.78 is 0. The van der Waals surface area contributed by atoms with Crippen LogP contribution < -0.4 is 0 Å². The van der Waals surface area contributed by atoms with Gasteiger partial charge in [0.15, 0.2) is 0 Å². The minimum Gasteiger partial charge on any atom is -0.481 e. The van der Waals surface area contributed by atoms with Gasteiger partial charge in [0.2, 0.25) is 0 Å². The summed E-state index contributed by atoms with van der Waals surface area (Å²) in [5.74, 6) is -0.708. The smallest absolute Gasteiger partial charge is 0.303 e. The van der Waals surface area contributed by atoms with E-state index in [0.29, 0.717) is 0 Å². The van der Waals surface area contributed by atoms with E-state index in [9.17, 15) is 4.79 Å². The molecule has 0 unspecified atom stereocenters. The van der Waals surface area contributed by atoms with E-state index in [1.165, 1.54) is 0 Å². The molecule has 1 N–H and O–H groups in total. The highest BCUT2D eigenvalue weighted by Gasteiger charge is 2.27. The van der Waals surface area contributed by atoms with Crippen molar-refractivity contribution in [2.24, 2.45) is 5.41 Å². The van der Waals surface area contributed by atoms with Crippen LogP contribution in [0.25, 0.3) is 0 Å². The summed E-state index contributed by atoms with van der Waals surface area (Å²) in [7, 11) is 0. The van der Waals surface area contributed by atoms with E-state index in [-0.39, 0.29) is 11.8 Å². The number of hydrogen-bond donors (Lipinski definition) is 1. The third kappa shape index (κ3) is 3.07. The van der Waals surface area contributed by atoms with E-state index in [2.05, 4.69) is 6.58 Å². The van der Waals surface area contributed by atoms with Gasteiger partial charge in [0.05, 0.1) is 6.42 Å². The highest BCUT2D eigenvalue weighted by Crippen LogP contribution is 2.34. The van der Waals surface area contributed by atoms with Crippen LogP contribution in [0.3, 0.4) is 0 Å². The second-order valence-corrected chi connectivity index (χ2v) is 3.27. The van der Waals surface area contributed by atoms with Gasteiger partial charge in [-0.15, -0.1) is 6.58 Å². The van der Waals surface area contributed by atoms with Gasteiger partial charge in [-0.05, 0) is 24.7 Å². The Bertz CT molecular complexity index is 157. The van der Waals surface area contributed by atoms with Crippen molar-refractivity contribution in [2.45, 2.75) is 39.5 Å². The molecule has 2 heteroatoms. The van der Waals surface area contributed by atoms with Gasteiger partial charge >= 0.3 is 5.97 Å². The van der Waals surface area contributed by atoms with Crippen LogP contribution in [-0.2, 0) is 4.79 Å². The molecule has 70 valence electrons. The molecule has 0 aliphatic heterocycles. The standard InChI is InChI=1S/C10H18O2/c1-4-7-10(5-2,6-3)8-9(11)12/h4H,1,5-8H2,2-3H3,(H,11,12). The number of rotatable bonds is 6. The molecule has 0 radical (unpaired) electrons. The van der Waals surface area contributed by atoms with E-state index in [1.54, 1.807) is 0 Å². The van der Waals surface area contributed by atoms with Crippen molar-refractivity contribution in [3.05, 3.63) is 12.7 Å². The topological polar surface area (TPSA) is 37.3 Å². The maximum atomic E-state index is 10.6. The molecule has 0 bridgehead atoms. The Morgan fingerprint density at radius 2 is 2.00 bits per heavy atom. The number of carbonyl (C=O) groups is 1. The molecule has 0 fully saturated rings. The van der Waals surface area contributed by atoms with Gasteiger partial charge in [0.1, 0.15) is 0 Å². The van der Waals surface area contributed by atoms with Crippen LogP contribution in [0.4, 0.5) is 0 Å². The molecule has 0 spiro atoms. The van der Waals surface area contributed by atoms with E-state index in [4.69, 9.17) is 5.11 Å². The molecule has 0 aromatic rings. The first-order chi connectivity index (χ1) is 5.60. The van der Waals surface area contributed by atoms with Crippen molar-refractivity contribution >= 4 is 5.97 Å². The molecule has 2 nitrogen and oxygen atoms in total. The fourth-order valence-electron chi connectivity index (χ4n) is 1.49. The molecule has 0 rings (SSSR count). The molecule has 0 amide bonds. The molecule has 0 aromatic heterocycles. The van der Waals surface area contributed by atoms with E-state index in [1.807, 2.05) is 19.9 Å². The summed E-state index contributed by atoms with van der Waals surface area (Å²) in [5, 5.41) is 8.70. The second-order valence-electron chi connectivity index (χ2n) is 3.27. The molecular formula is C10H18O2. The van der Waals surface area contributed by atoms with Crippen molar-refractivity contribution in [3.63, 3.8) is 0 Å². The van der Waals surface area contributed by atoms with Crippen LogP contribution in [0.5, 0.6) is 0 Å². The van der Waals surface area contributed by atoms with E-state index < -0.39 is 5.97 Å². The Morgan fingerprint density at radius 1 is 1.50 bits per heavy atom. The number of aliphatic carboxylic acids is 1. The maximum Gasteiger partial charge on any atom is 0.303 e. The van der Waals surface area contributed by atoms with Gasteiger partial charge in [-0.1, -0.05) is 19.9 Å². The molecule has 0 aliphatic carbocycles. The zero-order valence-corrected chi connectivity index (χ0v) is 7.97. The Morgan fingerprint density at radius 3 is 2.25 bits per heavy atom. The lowest BCUT2D eigenvalue weighted by Gasteiger charge is -2.28. The minimum absolute atomic E-state index is 0.0619. The predicted molar refractivity (Wildman–Crippen MR) is 50.1 cm³/mol. The lowest BCUT2D eigenvalue weighted by Crippen LogP contribution is -2.22. The highest BCUT2D eigenvalue weighted by atomic mass is 16.4. The molecular weight excluding hydrogens is 152 g/mol. The van der Waals surface area contributed by atoms with Gasteiger partial charge in [-0.25, -0.2) is 0 Å². The summed E-state index contributed by atoms with van der Waals surface area (Å²) >= 11 is 0. The Kier molecular flexibility index (Phi) is 4.64. The van der Waals surface area contributed by atoms with Crippen molar-refractivity contribution in [3.8, 4) is 0 Å². The lowest BCUT2D eigenvalue weighted by molar-refractivity contribution is -0.139. The normalized spacial score (nSPS) is 11.2. The minimum atomic E-state index is -0.708. The third-order valence-electron chi connectivity index (χ3n) is 2.60. The quantitative estimate of drug-likeness (QED) is 0.622. The first-order valence-corrected chi connectivity index (χ1v) is 4.43. The van der Waals surface area contributed by atoms with Crippen molar-refractivity contribution < 1.29 is 9.90 Å². The molecule has 0 saturated heterocycles. The summed E-state index contributed by atoms with van der Waals surface area (Å²) in [5.41, 5.74) is -0.0619. The lowest BCUT2D eigenvalue weighted by atomic mass is 9.76. The molecule has 0 aliphatic rings. The van der Waals surface area contributed by atoms with Crippen molar-refractivity contribution in [1.82, 2.24) is 0 Å². The Balaban J connectivity index is 4.33. The number of carboxylic acids is 1. The summed E-state index contributed by atoms with van der Waals surface area (Å²) in [4.78, 5) is 10.6. The van der Waals surface area contributed by atoms with Gasteiger partial charge in [-0.3, -0.25) is 4.79 Å². The van der Waals surface area contributed by atoms with Crippen LogP contribution >= 0.6 is 0 Å². The van der Waals surface area contributed by atoms with Crippen LogP contribution in [-0.4, -0.2) is 11.1 Å². The largest absolute Gasteiger partial charge is 0.481 e. The van der Waals surface area contributed by atoms with E-state index >= 15 is 0 Å². The second kappa shape index (κ2) is 4.96. The Hall–Kier alpha value is -0.790. The molecule has 0 saturated carbocycles. The van der Waals surface area contributed by atoms with Gasteiger partial charge in [0.25, 0.3) is 0 Å². The monoisotopic (exact) mass is 170 g/mol. The van der Waals surface area contributed by atoms with Crippen LogP contribution in [0.1, 0.15) is 39.5 Å². The molecule has 12 heavy (non-hydrogen) atoms. The number of carboxylic acid groups (broad SMARTS) is 1. The zero-order valence-electron chi connectivity index (χ0n) is 7.97. The summed E-state index contributed by atoms with van der Waals surface area (Å²) in [6, 6.07) is 0. The predicted octanol–water partition coefficient (Wildman–Crippen LogP) is 2.84. The summed E-state index contributed by atoms with van der Waals surface area (Å²) in [6.07, 6.45) is 4.68. The van der Waals surface area contributed by atoms with E-state index in [0.717, 1.165) is 19.3 Å². The number of allylic oxidation sites excluding steroid dienone is 1. The first-order valence-electron chi connectivity index (χ1n) is 4.43. The van der Waals surface area contributed by atoms with Crippen LogP contribution in [0, 0.1) is 5.41 Å². The first kappa shape index (κ1) is 11.2. The average Bonchev–Trinajstić information content (AvgIpc) is 2.03. The average molecular weight is 170 g/mol.